The molecule has 0 fully saturated rings. The number of Topliss-reactive ketones (excluding diaryl/α,β-unsaturated/α-hetero) is 1. The van der Waals surface area contributed by atoms with E-state index in [0.717, 1.165) is 33.9 Å². The largest absolute Gasteiger partial charge is 0.365 e. The van der Waals surface area contributed by atoms with Crippen molar-refractivity contribution in [3.05, 3.63) is 119 Å². The van der Waals surface area contributed by atoms with Gasteiger partial charge in [0.05, 0.1) is 5.56 Å². The minimum Gasteiger partial charge on any atom is -0.341 e. The van der Waals surface area contributed by atoms with Crippen LogP contribution in [0.4, 0.5) is 0 Å². The molecule has 4 aromatic carbocycles. The molecule has 0 aliphatic carbocycles. The quantitative estimate of drug-likeness (QED) is 0.106. The zero-order valence-electron chi connectivity index (χ0n) is 21.4. The molecule has 0 unspecified atom stereocenters. The van der Waals surface area contributed by atoms with Crippen LogP contribution in [0.1, 0.15) is 56.0 Å². The third-order valence-corrected chi connectivity index (χ3v) is 6.70. The third kappa shape index (κ3) is 4.52. The van der Waals surface area contributed by atoms with Crippen molar-refractivity contribution >= 4 is 45.1 Å². The van der Waals surface area contributed by atoms with Gasteiger partial charge in [0, 0.05) is 45.0 Å². The van der Waals surface area contributed by atoms with Crippen LogP contribution in [0.15, 0.2) is 96.2 Å². The Kier molecular flexibility index (Phi) is 6.71. The van der Waals surface area contributed by atoms with Gasteiger partial charge in [-0.3, -0.25) is 9.59 Å². The van der Waals surface area contributed by atoms with Crippen molar-refractivity contribution in [3.63, 3.8) is 0 Å². The van der Waals surface area contributed by atoms with Crippen LogP contribution >= 0.6 is 0 Å². The summed E-state index contributed by atoms with van der Waals surface area (Å²) >= 11 is 0. The number of carbonyl (C=O) groups is 3. The second-order valence-electron chi connectivity index (χ2n) is 9.10. The fourth-order valence-electron chi connectivity index (χ4n) is 4.70. The van der Waals surface area contributed by atoms with Crippen LogP contribution in [0.3, 0.4) is 0 Å². The van der Waals surface area contributed by atoms with E-state index >= 15 is 0 Å². The Labute approximate surface area is 220 Å². The van der Waals surface area contributed by atoms with Crippen LogP contribution in [-0.4, -0.2) is 27.8 Å². The van der Waals surface area contributed by atoms with Gasteiger partial charge in [-0.2, -0.15) is 0 Å². The van der Waals surface area contributed by atoms with Crippen molar-refractivity contribution in [2.75, 3.05) is 0 Å². The summed E-state index contributed by atoms with van der Waals surface area (Å²) in [6.07, 6.45) is 0. The summed E-state index contributed by atoms with van der Waals surface area (Å²) in [5, 5.41) is 5.54. The van der Waals surface area contributed by atoms with Gasteiger partial charge < -0.3 is 9.40 Å². The molecule has 6 nitrogen and oxygen atoms in total. The van der Waals surface area contributed by atoms with Crippen LogP contribution < -0.4 is 0 Å². The molecule has 188 valence electrons. The molecule has 0 saturated heterocycles. The lowest BCUT2D eigenvalue weighted by atomic mass is 9.97. The van der Waals surface area contributed by atoms with E-state index in [2.05, 4.69) is 16.6 Å². The average Bonchev–Trinajstić information content (AvgIpc) is 3.27. The number of fused-ring (bicyclic) bond motifs is 3. The van der Waals surface area contributed by atoms with Crippen molar-refractivity contribution in [1.29, 1.82) is 0 Å². The van der Waals surface area contributed by atoms with E-state index in [1.54, 1.807) is 36.4 Å². The molecular formula is C32H26N2O4. The summed E-state index contributed by atoms with van der Waals surface area (Å²) in [6.45, 7) is 6.23. The summed E-state index contributed by atoms with van der Waals surface area (Å²) in [6, 6.07) is 27.2. The first-order valence-electron chi connectivity index (χ1n) is 12.4. The Bertz CT molecular complexity index is 1750. The van der Waals surface area contributed by atoms with E-state index < -0.39 is 5.97 Å². The Morgan fingerprint density at radius 2 is 1.37 bits per heavy atom. The van der Waals surface area contributed by atoms with Crippen LogP contribution in [0.5, 0.6) is 0 Å². The smallest absolute Gasteiger partial charge is 0.341 e. The summed E-state index contributed by atoms with van der Waals surface area (Å²) in [4.78, 5) is 43.7. The number of aromatic nitrogens is 1. The third-order valence-electron chi connectivity index (χ3n) is 6.70. The normalized spacial score (nSPS) is 11.6. The number of nitrogens with zero attached hydrogens (tertiary/aromatic N) is 2. The summed E-state index contributed by atoms with van der Waals surface area (Å²) in [5.41, 5.74) is 4.94. The standard InChI is InChI=1S/C32H26N2O4/c1-4-34-28-16-14-23(30(35)21(3)33-38-32(37)22-11-6-5-7-12-22)18-26(28)27-19-24(15-17-29(27)34)31(36)25-13-9-8-10-20(25)2/h5-19H,4H2,1-3H3/b33-21+. The molecule has 0 bridgehead atoms. The molecule has 0 saturated carbocycles. The first-order valence-corrected chi connectivity index (χ1v) is 12.4. The lowest BCUT2D eigenvalue weighted by Crippen LogP contribution is -2.12. The minimum atomic E-state index is -0.634. The second-order valence-corrected chi connectivity index (χ2v) is 9.10. The predicted octanol–water partition coefficient (Wildman–Crippen LogP) is 6.77. The number of aryl methyl sites for hydroxylation is 2. The highest BCUT2D eigenvalue weighted by Crippen LogP contribution is 2.31. The molecule has 0 atom stereocenters. The Morgan fingerprint density at radius 3 is 2.03 bits per heavy atom. The van der Waals surface area contributed by atoms with Gasteiger partial charge in [0.2, 0.25) is 5.78 Å². The van der Waals surface area contributed by atoms with Crippen LogP contribution in [0.2, 0.25) is 0 Å². The van der Waals surface area contributed by atoms with E-state index in [4.69, 9.17) is 4.84 Å². The van der Waals surface area contributed by atoms with Gasteiger partial charge >= 0.3 is 5.97 Å². The highest BCUT2D eigenvalue weighted by Gasteiger charge is 2.18. The van der Waals surface area contributed by atoms with Crippen molar-refractivity contribution < 1.29 is 19.2 Å². The van der Waals surface area contributed by atoms with Gasteiger partial charge in [-0.1, -0.05) is 47.6 Å². The van der Waals surface area contributed by atoms with Crippen molar-refractivity contribution in [3.8, 4) is 0 Å². The van der Waals surface area contributed by atoms with Crippen LogP contribution in [-0.2, 0) is 11.4 Å². The van der Waals surface area contributed by atoms with Crippen molar-refractivity contribution in [2.45, 2.75) is 27.3 Å². The maximum absolute atomic E-state index is 13.3. The SMILES string of the molecule is CCn1c2ccc(C(=O)/C(C)=N/OC(=O)c3ccccc3)cc2c2cc(C(=O)c3ccccc3C)ccc21. The zero-order chi connectivity index (χ0) is 26.8. The van der Waals surface area contributed by atoms with Gasteiger partial charge in [-0.05, 0) is 74.9 Å². The maximum atomic E-state index is 13.3. The molecule has 1 heterocycles. The second kappa shape index (κ2) is 10.3. The van der Waals surface area contributed by atoms with Gasteiger partial charge in [0.15, 0.2) is 5.78 Å². The van der Waals surface area contributed by atoms with Gasteiger partial charge in [0.25, 0.3) is 0 Å². The number of oxime groups is 1. The summed E-state index contributed by atoms with van der Waals surface area (Å²) < 4.78 is 2.16. The number of carbonyl (C=O) groups excluding carboxylic acids is 3. The van der Waals surface area contributed by atoms with E-state index in [1.807, 2.05) is 61.5 Å². The first kappa shape index (κ1) is 24.8. The number of rotatable bonds is 7. The molecule has 5 aromatic rings. The number of hydrogen-bond donors (Lipinski definition) is 0. The van der Waals surface area contributed by atoms with Crippen molar-refractivity contribution in [1.82, 2.24) is 4.57 Å². The highest BCUT2D eigenvalue weighted by molar-refractivity contribution is 6.45. The van der Waals surface area contributed by atoms with Gasteiger partial charge in [-0.15, -0.1) is 0 Å². The summed E-state index contributed by atoms with van der Waals surface area (Å²) in [7, 11) is 0. The van der Waals surface area contributed by atoms with E-state index in [1.165, 1.54) is 6.92 Å². The lowest BCUT2D eigenvalue weighted by Gasteiger charge is -2.06. The maximum Gasteiger partial charge on any atom is 0.365 e. The Balaban J connectivity index is 1.52. The fourth-order valence-corrected chi connectivity index (χ4v) is 4.70. The molecule has 0 spiro atoms. The monoisotopic (exact) mass is 502 g/mol. The molecular weight excluding hydrogens is 476 g/mol. The zero-order valence-corrected chi connectivity index (χ0v) is 21.4. The van der Waals surface area contributed by atoms with E-state index in [0.29, 0.717) is 22.3 Å². The topological polar surface area (TPSA) is 77.7 Å². The lowest BCUT2D eigenvalue weighted by molar-refractivity contribution is 0.0515. The molecule has 6 heteroatoms. The molecule has 0 radical (unpaired) electrons. The Hall–Kier alpha value is -4.84. The van der Waals surface area contributed by atoms with E-state index in [9.17, 15) is 14.4 Å². The molecule has 5 rings (SSSR count). The van der Waals surface area contributed by atoms with Gasteiger partial charge in [-0.25, -0.2) is 4.79 Å². The summed E-state index contributed by atoms with van der Waals surface area (Å²) in [5.74, 6) is -1.03. The van der Waals surface area contributed by atoms with Crippen molar-refractivity contribution in [2.24, 2.45) is 5.16 Å². The molecule has 0 aliphatic rings. The fraction of sp³-hybridized carbons (Fsp3) is 0.125. The van der Waals surface area contributed by atoms with E-state index in [-0.39, 0.29) is 17.3 Å². The molecule has 0 N–H and O–H groups in total. The molecule has 38 heavy (non-hydrogen) atoms. The Morgan fingerprint density at radius 1 is 0.763 bits per heavy atom. The first-order chi connectivity index (χ1) is 18.4. The molecule has 1 aromatic heterocycles. The van der Waals surface area contributed by atoms with Gasteiger partial charge in [0.1, 0.15) is 5.71 Å². The molecule has 0 amide bonds. The van der Waals surface area contributed by atoms with Crippen LogP contribution in [0, 0.1) is 6.92 Å². The number of ketones is 2. The predicted molar refractivity (Wildman–Crippen MR) is 149 cm³/mol. The average molecular weight is 503 g/mol. The number of benzene rings is 4. The van der Waals surface area contributed by atoms with Crippen LogP contribution in [0.25, 0.3) is 21.8 Å². The minimum absolute atomic E-state index is 0.0437. The highest BCUT2D eigenvalue weighted by atomic mass is 16.7. The molecule has 0 aliphatic heterocycles. The number of hydrogen-bond acceptors (Lipinski definition) is 5.